The molecule has 31 heavy (non-hydrogen) atoms. The third-order valence-electron chi connectivity index (χ3n) is 4.94. The van der Waals surface area contributed by atoms with Crippen molar-refractivity contribution < 1.29 is 26.4 Å². The van der Waals surface area contributed by atoms with Crippen molar-refractivity contribution in [2.75, 3.05) is 31.2 Å². The van der Waals surface area contributed by atoms with Gasteiger partial charge in [0.05, 0.1) is 18.3 Å². The molecule has 2 N–H and O–H groups in total. The highest BCUT2D eigenvalue weighted by atomic mass is 32.2. The van der Waals surface area contributed by atoms with Crippen LogP contribution in [0.5, 0.6) is 5.75 Å². The summed E-state index contributed by atoms with van der Waals surface area (Å²) in [7, 11) is -5.73. The van der Waals surface area contributed by atoms with Crippen LogP contribution in [0.1, 0.15) is 23.2 Å². The molecule has 0 aromatic heterocycles. The third kappa shape index (κ3) is 5.96. The quantitative estimate of drug-likeness (QED) is 0.639. The summed E-state index contributed by atoms with van der Waals surface area (Å²) in [5.74, 6) is 0.139. The largest absolute Gasteiger partial charge is 0.497 e. The van der Waals surface area contributed by atoms with Gasteiger partial charge in [-0.2, -0.15) is 0 Å². The number of anilines is 1. The number of benzene rings is 2. The SMILES string of the molecule is COc1ccc(NS(=O)(=O)c2cccc(C(=O)NC3CCCN(S(C)(=O)=O)C3)c2)cc1. The van der Waals surface area contributed by atoms with Gasteiger partial charge >= 0.3 is 0 Å². The number of nitrogens with zero attached hydrogens (tertiary/aromatic N) is 1. The normalized spacial score (nSPS) is 17.7. The Morgan fingerprint density at radius 3 is 2.45 bits per heavy atom. The second-order valence-electron chi connectivity index (χ2n) is 7.30. The molecule has 1 aliphatic heterocycles. The molecule has 0 saturated carbocycles. The Morgan fingerprint density at radius 2 is 1.81 bits per heavy atom. The fourth-order valence-electron chi connectivity index (χ4n) is 3.31. The molecule has 11 heteroatoms. The fraction of sp³-hybridized carbons (Fsp3) is 0.350. The van der Waals surface area contributed by atoms with Gasteiger partial charge < -0.3 is 10.1 Å². The molecule has 9 nitrogen and oxygen atoms in total. The molecule has 1 heterocycles. The molecule has 1 unspecified atom stereocenters. The van der Waals surface area contributed by atoms with Gasteiger partial charge in [0.2, 0.25) is 10.0 Å². The second kappa shape index (κ2) is 9.25. The predicted octanol–water partition coefficient (Wildman–Crippen LogP) is 1.65. The lowest BCUT2D eigenvalue weighted by molar-refractivity contribution is 0.0921. The molecule has 1 amide bonds. The van der Waals surface area contributed by atoms with Crippen molar-refractivity contribution >= 4 is 31.6 Å². The number of piperidine rings is 1. The maximum Gasteiger partial charge on any atom is 0.261 e. The molecule has 1 atom stereocenters. The van der Waals surface area contributed by atoms with E-state index in [2.05, 4.69) is 10.0 Å². The van der Waals surface area contributed by atoms with Crippen LogP contribution in [-0.2, 0) is 20.0 Å². The minimum Gasteiger partial charge on any atom is -0.497 e. The first-order valence-corrected chi connectivity index (χ1v) is 12.9. The number of rotatable bonds is 7. The Hall–Kier alpha value is -2.63. The Kier molecular flexibility index (Phi) is 6.87. The Morgan fingerprint density at radius 1 is 1.10 bits per heavy atom. The van der Waals surface area contributed by atoms with Gasteiger partial charge in [0.25, 0.3) is 15.9 Å². The maximum atomic E-state index is 12.7. The minimum atomic E-state index is -3.91. The van der Waals surface area contributed by atoms with Crippen molar-refractivity contribution in [3.05, 3.63) is 54.1 Å². The van der Waals surface area contributed by atoms with Crippen LogP contribution in [0, 0.1) is 0 Å². The number of carbonyl (C=O) groups is 1. The molecular weight excluding hydrogens is 442 g/mol. The van der Waals surface area contributed by atoms with E-state index in [0.717, 1.165) is 6.26 Å². The van der Waals surface area contributed by atoms with Crippen LogP contribution < -0.4 is 14.8 Å². The van der Waals surface area contributed by atoms with Gasteiger partial charge in [0.15, 0.2) is 0 Å². The van der Waals surface area contributed by atoms with Crippen LogP contribution in [0.4, 0.5) is 5.69 Å². The molecule has 1 fully saturated rings. The van der Waals surface area contributed by atoms with Crippen molar-refractivity contribution in [1.82, 2.24) is 9.62 Å². The highest BCUT2D eigenvalue weighted by Gasteiger charge is 2.27. The average Bonchev–Trinajstić information content (AvgIpc) is 2.74. The summed E-state index contributed by atoms with van der Waals surface area (Å²) < 4.78 is 57.8. The standard InChI is InChI=1S/C20H25N3O6S2/c1-29-18-10-8-16(9-11-18)22-31(27,28)19-7-3-5-15(13-19)20(24)21-17-6-4-12-23(14-17)30(2,25)26/h3,5,7-11,13,17,22H,4,6,12,14H2,1-2H3,(H,21,24). The van der Waals surface area contributed by atoms with Crippen LogP contribution in [0.15, 0.2) is 53.4 Å². The molecule has 3 rings (SSSR count). The summed E-state index contributed by atoms with van der Waals surface area (Å²) in [6.45, 7) is 0.623. The van der Waals surface area contributed by atoms with E-state index in [1.165, 1.54) is 35.7 Å². The Balaban J connectivity index is 1.72. The van der Waals surface area contributed by atoms with E-state index >= 15 is 0 Å². The number of ether oxygens (including phenoxy) is 1. The van der Waals surface area contributed by atoms with E-state index < -0.39 is 26.0 Å². The van der Waals surface area contributed by atoms with Gasteiger partial charge in [0.1, 0.15) is 5.75 Å². The summed E-state index contributed by atoms with van der Waals surface area (Å²) in [5.41, 5.74) is 0.535. The number of amides is 1. The molecule has 1 aliphatic rings. The zero-order valence-corrected chi connectivity index (χ0v) is 18.9. The molecule has 168 valence electrons. The zero-order valence-electron chi connectivity index (χ0n) is 17.2. The molecular formula is C20H25N3O6S2. The number of carbonyl (C=O) groups excluding carboxylic acids is 1. The third-order valence-corrected chi connectivity index (χ3v) is 7.59. The molecule has 1 saturated heterocycles. The van der Waals surface area contributed by atoms with Crippen molar-refractivity contribution in [3.63, 3.8) is 0 Å². The molecule has 0 radical (unpaired) electrons. The summed E-state index contributed by atoms with van der Waals surface area (Å²) in [4.78, 5) is 12.6. The fourth-order valence-corrected chi connectivity index (χ4v) is 5.32. The number of methoxy groups -OCH3 is 1. The minimum absolute atomic E-state index is 0.0580. The van der Waals surface area contributed by atoms with E-state index in [-0.39, 0.29) is 23.0 Å². The molecule has 0 bridgehead atoms. The first-order valence-electron chi connectivity index (χ1n) is 9.61. The van der Waals surface area contributed by atoms with Gasteiger partial charge in [-0.3, -0.25) is 9.52 Å². The smallest absolute Gasteiger partial charge is 0.261 e. The van der Waals surface area contributed by atoms with Crippen molar-refractivity contribution in [2.45, 2.75) is 23.8 Å². The monoisotopic (exact) mass is 467 g/mol. The number of hydrogen-bond donors (Lipinski definition) is 2. The number of sulfonamides is 2. The van der Waals surface area contributed by atoms with E-state index in [1.807, 2.05) is 0 Å². The topological polar surface area (TPSA) is 122 Å². The van der Waals surface area contributed by atoms with Crippen LogP contribution in [0.25, 0.3) is 0 Å². The van der Waals surface area contributed by atoms with Crippen LogP contribution in [0.3, 0.4) is 0 Å². The highest BCUT2D eigenvalue weighted by Crippen LogP contribution is 2.20. The maximum absolute atomic E-state index is 12.7. The average molecular weight is 468 g/mol. The molecule has 2 aromatic rings. The van der Waals surface area contributed by atoms with Gasteiger partial charge in [-0.05, 0) is 55.3 Å². The number of hydrogen-bond acceptors (Lipinski definition) is 6. The van der Waals surface area contributed by atoms with E-state index in [1.54, 1.807) is 24.3 Å². The Bertz CT molecular complexity index is 1150. The predicted molar refractivity (Wildman–Crippen MR) is 117 cm³/mol. The lowest BCUT2D eigenvalue weighted by Crippen LogP contribution is -2.49. The zero-order chi connectivity index (χ0) is 22.6. The summed E-state index contributed by atoms with van der Waals surface area (Å²) in [5, 5.41) is 2.80. The summed E-state index contributed by atoms with van der Waals surface area (Å²) in [6, 6.07) is 11.8. The summed E-state index contributed by atoms with van der Waals surface area (Å²) in [6.07, 6.45) is 2.42. The number of nitrogens with one attached hydrogen (secondary N) is 2. The van der Waals surface area contributed by atoms with Crippen molar-refractivity contribution in [3.8, 4) is 5.75 Å². The van der Waals surface area contributed by atoms with Crippen molar-refractivity contribution in [1.29, 1.82) is 0 Å². The lowest BCUT2D eigenvalue weighted by Gasteiger charge is -2.31. The Labute approximate surface area is 182 Å². The first kappa shape index (κ1) is 23.0. The highest BCUT2D eigenvalue weighted by molar-refractivity contribution is 7.92. The molecule has 0 spiro atoms. The van der Waals surface area contributed by atoms with E-state index in [0.29, 0.717) is 30.8 Å². The second-order valence-corrected chi connectivity index (χ2v) is 11.0. The molecule has 0 aliphatic carbocycles. The molecule has 2 aromatic carbocycles. The van der Waals surface area contributed by atoms with E-state index in [4.69, 9.17) is 4.74 Å². The van der Waals surface area contributed by atoms with Gasteiger partial charge in [0, 0.05) is 30.4 Å². The lowest BCUT2D eigenvalue weighted by atomic mass is 10.1. The van der Waals surface area contributed by atoms with Crippen LogP contribution in [0.2, 0.25) is 0 Å². The van der Waals surface area contributed by atoms with Crippen LogP contribution >= 0.6 is 0 Å². The first-order chi connectivity index (χ1) is 14.6. The van der Waals surface area contributed by atoms with Crippen molar-refractivity contribution in [2.24, 2.45) is 0 Å². The van der Waals surface area contributed by atoms with Gasteiger partial charge in [-0.25, -0.2) is 21.1 Å². The summed E-state index contributed by atoms with van der Waals surface area (Å²) >= 11 is 0. The van der Waals surface area contributed by atoms with Gasteiger partial charge in [-0.15, -0.1) is 0 Å². The van der Waals surface area contributed by atoms with Crippen LogP contribution in [-0.4, -0.2) is 59.5 Å². The van der Waals surface area contributed by atoms with E-state index in [9.17, 15) is 21.6 Å². The van der Waals surface area contributed by atoms with Gasteiger partial charge in [-0.1, -0.05) is 6.07 Å².